The lowest BCUT2D eigenvalue weighted by molar-refractivity contribution is -0.140. The number of hydrogen-bond donors (Lipinski definition) is 3. The summed E-state index contributed by atoms with van der Waals surface area (Å²) in [4.78, 5) is 27.3. The number of nitrogens with one attached hydrogen (secondary N) is 2. The summed E-state index contributed by atoms with van der Waals surface area (Å²) in [5.74, 6) is -0.683. The largest absolute Gasteiger partial charge is 0.359 e. The van der Waals surface area contributed by atoms with Gasteiger partial charge in [-0.15, -0.1) is 0 Å². The van der Waals surface area contributed by atoms with Crippen molar-refractivity contribution in [3.63, 3.8) is 0 Å². The van der Waals surface area contributed by atoms with Gasteiger partial charge in [-0.2, -0.15) is 0 Å². The maximum atomic E-state index is 13.3. The molecular weight excluding hydrogens is 437 g/mol. The van der Waals surface area contributed by atoms with E-state index in [4.69, 9.17) is 23.2 Å². The highest BCUT2D eigenvalue weighted by Crippen LogP contribution is 2.41. The van der Waals surface area contributed by atoms with Crippen molar-refractivity contribution in [2.75, 3.05) is 16.8 Å². The Kier molecular flexibility index (Phi) is 6.23. The third-order valence-electron chi connectivity index (χ3n) is 5.67. The molecule has 6 nitrogen and oxygen atoms in total. The Balaban J connectivity index is 1.68. The van der Waals surface area contributed by atoms with E-state index in [0.717, 1.165) is 24.2 Å². The third kappa shape index (κ3) is 4.15. The molecule has 0 spiro atoms. The molecule has 2 aliphatic rings. The van der Waals surface area contributed by atoms with Crippen molar-refractivity contribution in [3.8, 4) is 0 Å². The van der Waals surface area contributed by atoms with Gasteiger partial charge in [-0.1, -0.05) is 53.1 Å². The summed E-state index contributed by atoms with van der Waals surface area (Å²) in [6.07, 6.45) is 7.37. The molecule has 1 heterocycles. The van der Waals surface area contributed by atoms with Crippen molar-refractivity contribution in [3.05, 3.63) is 69.7 Å². The van der Waals surface area contributed by atoms with Gasteiger partial charge in [0.15, 0.2) is 0 Å². The number of urea groups is 1. The molecule has 3 amide bonds. The van der Waals surface area contributed by atoms with E-state index in [1.54, 1.807) is 24.3 Å². The molecule has 8 heteroatoms. The zero-order valence-electron chi connectivity index (χ0n) is 16.8. The van der Waals surface area contributed by atoms with Crippen LogP contribution in [-0.4, -0.2) is 23.6 Å². The summed E-state index contributed by atoms with van der Waals surface area (Å²) in [6.45, 7) is 0.367. The van der Waals surface area contributed by atoms with E-state index in [1.807, 2.05) is 0 Å². The van der Waals surface area contributed by atoms with Crippen molar-refractivity contribution < 1.29 is 14.7 Å². The molecule has 2 aromatic rings. The first-order valence-corrected chi connectivity index (χ1v) is 11.0. The Hall–Kier alpha value is -2.54. The molecule has 4 rings (SSSR count). The molecule has 162 valence electrons. The van der Waals surface area contributed by atoms with Crippen molar-refractivity contribution in [1.29, 1.82) is 0 Å². The maximum absolute atomic E-state index is 13.3. The van der Waals surface area contributed by atoms with Gasteiger partial charge in [0.2, 0.25) is 0 Å². The first-order valence-electron chi connectivity index (χ1n) is 10.3. The van der Waals surface area contributed by atoms with Crippen LogP contribution >= 0.6 is 23.2 Å². The Morgan fingerprint density at radius 3 is 2.71 bits per heavy atom. The second kappa shape index (κ2) is 8.91. The SMILES string of the molecule is O=C1Nc2ccccc2C(O)(C(=O)NCCC2=CCCCC2)N1c1ccc(Cl)c(Cl)c1. The fourth-order valence-electron chi connectivity index (χ4n) is 4.08. The summed E-state index contributed by atoms with van der Waals surface area (Å²) < 4.78 is 0. The monoisotopic (exact) mass is 459 g/mol. The average Bonchev–Trinajstić information content (AvgIpc) is 2.77. The number of allylic oxidation sites excluding steroid dienone is 1. The molecule has 3 N–H and O–H groups in total. The molecule has 2 aromatic carbocycles. The summed E-state index contributed by atoms with van der Waals surface area (Å²) in [5, 5.41) is 17.8. The van der Waals surface area contributed by atoms with Crippen LogP contribution in [-0.2, 0) is 10.5 Å². The van der Waals surface area contributed by atoms with Gasteiger partial charge in [0.05, 0.1) is 21.4 Å². The minimum atomic E-state index is -2.25. The number of benzene rings is 2. The normalized spacial score (nSPS) is 20.5. The van der Waals surface area contributed by atoms with Gasteiger partial charge in [0, 0.05) is 12.1 Å². The number of fused-ring (bicyclic) bond motifs is 1. The quantitative estimate of drug-likeness (QED) is 0.537. The Morgan fingerprint density at radius 2 is 1.97 bits per heavy atom. The van der Waals surface area contributed by atoms with E-state index < -0.39 is 17.7 Å². The standard InChI is InChI=1S/C23H23Cl2N3O3/c24-18-11-10-16(14-19(18)25)28-22(30)27-20-9-5-4-8-17(20)23(28,31)21(29)26-13-12-15-6-2-1-3-7-15/h4-6,8-11,14,31H,1-3,7,12-13H2,(H,26,29)(H,27,30). The summed E-state index contributed by atoms with van der Waals surface area (Å²) in [6, 6.07) is 10.5. The number of anilines is 2. The van der Waals surface area contributed by atoms with Crippen molar-refractivity contribution in [2.24, 2.45) is 0 Å². The molecule has 0 radical (unpaired) electrons. The number of carbonyl (C=O) groups is 2. The number of aliphatic hydroxyl groups is 1. The lowest BCUT2D eigenvalue weighted by Crippen LogP contribution is -2.62. The molecule has 0 bridgehead atoms. The predicted molar refractivity (Wildman–Crippen MR) is 122 cm³/mol. The van der Waals surface area contributed by atoms with E-state index in [1.165, 1.54) is 30.2 Å². The van der Waals surface area contributed by atoms with E-state index in [0.29, 0.717) is 23.7 Å². The number of carbonyl (C=O) groups excluding carboxylic acids is 2. The molecule has 0 saturated carbocycles. The van der Waals surface area contributed by atoms with Gasteiger partial charge < -0.3 is 15.7 Å². The van der Waals surface area contributed by atoms with Crippen LogP contribution in [0, 0.1) is 0 Å². The predicted octanol–water partition coefficient (Wildman–Crippen LogP) is 5.20. The molecule has 0 aromatic heterocycles. The lowest BCUT2D eigenvalue weighted by Gasteiger charge is -2.42. The third-order valence-corrected chi connectivity index (χ3v) is 6.40. The Labute approximate surface area is 190 Å². The second-order valence-electron chi connectivity index (χ2n) is 7.70. The van der Waals surface area contributed by atoms with Gasteiger partial charge >= 0.3 is 6.03 Å². The van der Waals surface area contributed by atoms with Gasteiger partial charge in [-0.3, -0.25) is 9.69 Å². The van der Waals surface area contributed by atoms with Crippen LogP contribution in [0.3, 0.4) is 0 Å². The summed E-state index contributed by atoms with van der Waals surface area (Å²) in [5.41, 5.74) is -0.0565. The summed E-state index contributed by atoms with van der Waals surface area (Å²) >= 11 is 12.2. The minimum Gasteiger partial charge on any atom is -0.359 e. The van der Waals surface area contributed by atoms with Crippen LogP contribution in [0.4, 0.5) is 16.2 Å². The van der Waals surface area contributed by atoms with Gasteiger partial charge in [0.1, 0.15) is 0 Å². The Morgan fingerprint density at radius 1 is 1.16 bits per heavy atom. The highest BCUT2D eigenvalue weighted by molar-refractivity contribution is 6.42. The number of para-hydroxylation sites is 1. The van der Waals surface area contributed by atoms with Crippen LogP contribution in [0.25, 0.3) is 0 Å². The van der Waals surface area contributed by atoms with Crippen LogP contribution in [0.2, 0.25) is 10.0 Å². The summed E-state index contributed by atoms with van der Waals surface area (Å²) in [7, 11) is 0. The molecular formula is C23H23Cl2N3O3. The van der Waals surface area contributed by atoms with Crippen molar-refractivity contribution in [2.45, 2.75) is 37.8 Å². The lowest BCUT2D eigenvalue weighted by atomic mass is 9.94. The van der Waals surface area contributed by atoms with Crippen molar-refractivity contribution >= 4 is 46.5 Å². The first kappa shape index (κ1) is 21.7. The maximum Gasteiger partial charge on any atom is 0.329 e. The number of nitrogens with zero attached hydrogens (tertiary/aromatic N) is 1. The first-order chi connectivity index (χ1) is 14.9. The van der Waals surface area contributed by atoms with E-state index in [9.17, 15) is 14.7 Å². The number of hydrogen-bond acceptors (Lipinski definition) is 3. The molecule has 1 unspecified atom stereocenters. The van der Waals surface area contributed by atoms with E-state index >= 15 is 0 Å². The molecule has 0 fully saturated rings. The van der Waals surface area contributed by atoms with Gasteiger partial charge in [0.25, 0.3) is 11.6 Å². The molecule has 31 heavy (non-hydrogen) atoms. The Bertz CT molecular complexity index is 1060. The van der Waals surface area contributed by atoms with Crippen LogP contribution in [0.5, 0.6) is 0 Å². The van der Waals surface area contributed by atoms with E-state index in [2.05, 4.69) is 16.7 Å². The number of amides is 3. The van der Waals surface area contributed by atoms with E-state index in [-0.39, 0.29) is 16.3 Å². The van der Waals surface area contributed by atoms with Crippen molar-refractivity contribution in [1.82, 2.24) is 5.32 Å². The highest BCUT2D eigenvalue weighted by Gasteiger charge is 2.51. The fourth-order valence-corrected chi connectivity index (χ4v) is 4.37. The molecule has 1 aliphatic carbocycles. The zero-order valence-corrected chi connectivity index (χ0v) is 18.3. The van der Waals surface area contributed by atoms with Gasteiger partial charge in [-0.05, 0) is 56.4 Å². The zero-order chi connectivity index (χ0) is 22.0. The fraction of sp³-hybridized carbons (Fsp3) is 0.304. The van der Waals surface area contributed by atoms with Crippen LogP contribution in [0.15, 0.2) is 54.1 Å². The van der Waals surface area contributed by atoms with Gasteiger partial charge in [-0.25, -0.2) is 4.79 Å². The minimum absolute atomic E-state index is 0.206. The molecule has 1 atom stereocenters. The van der Waals surface area contributed by atoms with Crippen LogP contribution < -0.4 is 15.5 Å². The number of halogens is 2. The molecule has 0 saturated heterocycles. The molecule has 1 aliphatic heterocycles. The average molecular weight is 460 g/mol. The smallest absolute Gasteiger partial charge is 0.329 e. The topological polar surface area (TPSA) is 81.7 Å². The number of rotatable bonds is 5. The van der Waals surface area contributed by atoms with Crippen LogP contribution in [0.1, 0.15) is 37.7 Å². The highest BCUT2D eigenvalue weighted by atomic mass is 35.5. The second-order valence-corrected chi connectivity index (χ2v) is 8.51.